The molecule has 0 bridgehead atoms. The summed E-state index contributed by atoms with van der Waals surface area (Å²) in [4.78, 5) is 23.6. The molecule has 12 aliphatic heterocycles. The van der Waals surface area contributed by atoms with Crippen molar-refractivity contribution in [3.8, 4) is 57.5 Å². The van der Waals surface area contributed by atoms with Gasteiger partial charge < -0.3 is 84.0 Å². The van der Waals surface area contributed by atoms with E-state index in [2.05, 4.69) is 278 Å². The van der Waals surface area contributed by atoms with E-state index in [1.807, 2.05) is 66.7 Å². The van der Waals surface area contributed by atoms with E-state index in [1.165, 1.54) is 77.1 Å². The van der Waals surface area contributed by atoms with E-state index in [0.717, 1.165) is 176 Å². The lowest BCUT2D eigenvalue weighted by molar-refractivity contribution is -0.0382. The van der Waals surface area contributed by atoms with Crippen molar-refractivity contribution in [3.05, 3.63) is 291 Å². The largest absolute Gasteiger partial charge is 0.454 e. The van der Waals surface area contributed by atoms with Gasteiger partial charge in [-0.25, -0.2) is 0 Å². The molecule has 10 aromatic carbocycles. The van der Waals surface area contributed by atoms with Crippen LogP contribution >= 0.6 is 118 Å². The number of Topliss-reactive ketones (excluding diaryl/α,β-unsaturated/α-hetero) is 2. The Labute approximate surface area is 801 Å². The highest BCUT2D eigenvalue weighted by molar-refractivity contribution is 14.1. The van der Waals surface area contributed by atoms with E-state index in [4.69, 9.17) is 52.1 Å². The maximum absolute atomic E-state index is 11.8. The molecule has 19 nitrogen and oxygen atoms in total. The van der Waals surface area contributed by atoms with E-state index in [-0.39, 0.29) is 73.4 Å². The first-order valence-corrected chi connectivity index (χ1v) is 49.4. The van der Waals surface area contributed by atoms with Crippen LogP contribution in [0.1, 0.15) is 208 Å². The smallest absolute Gasteiger partial charge is 0.231 e. The van der Waals surface area contributed by atoms with Gasteiger partial charge in [-0.3, -0.25) is 9.59 Å². The van der Waals surface area contributed by atoms with Crippen LogP contribution < -0.4 is 79.3 Å². The highest BCUT2D eigenvalue weighted by atomic mass is 127. The predicted molar refractivity (Wildman–Crippen MR) is 520 cm³/mol. The molecule has 127 heavy (non-hydrogen) atoms. The maximum Gasteiger partial charge on any atom is 0.231 e. The summed E-state index contributed by atoms with van der Waals surface area (Å²) in [7, 11) is 0. The number of rotatable bonds is 9. The minimum absolute atomic E-state index is 0.0170. The molecule has 15 atom stereocenters. The van der Waals surface area contributed by atoms with Crippen molar-refractivity contribution in [2.24, 2.45) is 29.6 Å². The van der Waals surface area contributed by atoms with Gasteiger partial charge in [0.1, 0.15) is 0 Å². The summed E-state index contributed by atoms with van der Waals surface area (Å²) in [6.45, 7) is 8.62. The Morgan fingerprint density at radius 1 is 0.362 bits per heavy atom. The van der Waals surface area contributed by atoms with Crippen LogP contribution in [0.15, 0.2) is 215 Å². The van der Waals surface area contributed by atoms with E-state index < -0.39 is 0 Å². The Morgan fingerprint density at radius 3 is 1.14 bits per heavy atom. The number of carbonyl (C=O) groups is 2. The molecule has 652 valence electrons. The predicted octanol–water partition coefficient (Wildman–Crippen LogP) is 26.5. The summed E-state index contributed by atoms with van der Waals surface area (Å²) in [6.07, 6.45) is 22.8. The van der Waals surface area contributed by atoms with Crippen molar-refractivity contribution in [1.82, 2.24) is 5.32 Å². The zero-order valence-electron chi connectivity index (χ0n) is 69.6. The topological polar surface area (TPSA) is 208 Å². The van der Waals surface area contributed by atoms with Gasteiger partial charge in [-0.1, -0.05) is 158 Å². The van der Waals surface area contributed by atoms with E-state index in [9.17, 15) is 9.59 Å². The summed E-state index contributed by atoms with van der Waals surface area (Å²) in [5.74, 6) is 11.9. The van der Waals surface area contributed by atoms with Gasteiger partial charge in [-0.15, -0.1) is 0 Å². The Balaban J connectivity index is 0.0000000967. The normalized spacial score (nSPS) is 25.5. The lowest BCUT2D eigenvalue weighted by Gasteiger charge is -2.43. The van der Waals surface area contributed by atoms with Gasteiger partial charge in [0.2, 0.25) is 34.0 Å². The average molecular weight is 2200 g/mol. The van der Waals surface area contributed by atoms with Crippen molar-refractivity contribution < 1.29 is 61.7 Å². The van der Waals surface area contributed by atoms with Crippen molar-refractivity contribution in [3.63, 3.8) is 0 Å². The molecule has 0 saturated carbocycles. The first-order valence-electron chi connectivity index (χ1n) is 43.5. The molecule has 0 aromatic heterocycles. The molecular formula is C101H91Br6IN6O13. The highest BCUT2D eigenvalue weighted by Gasteiger charge is 2.47. The van der Waals surface area contributed by atoms with Crippen LogP contribution in [-0.2, 0) is 11.2 Å². The van der Waals surface area contributed by atoms with Crippen LogP contribution in [0.2, 0.25) is 0 Å². The summed E-state index contributed by atoms with van der Waals surface area (Å²) in [5, 5.41) is 22.4. The minimum Gasteiger partial charge on any atom is -0.454 e. The van der Waals surface area contributed by atoms with Crippen molar-refractivity contribution in [2.75, 3.05) is 73.7 Å². The molecule has 12 heterocycles. The number of ether oxygens (including phenoxy) is 11. The van der Waals surface area contributed by atoms with Gasteiger partial charge in [0, 0.05) is 118 Å². The van der Waals surface area contributed by atoms with Crippen molar-refractivity contribution in [1.29, 1.82) is 0 Å². The van der Waals surface area contributed by atoms with Gasteiger partial charge in [-0.2, -0.15) is 0 Å². The summed E-state index contributed by atoms with van der Waals surface area (Å²) >= 11 is 24.6. The van der Waals surface area contributed by atoms with Crippen LogP contribution in [0.5, 0.6) is 57.5 Å². The molecule has 26 heteroatoms. The third-order valence-electron chi connectivity index (χ3n) is 27.4. The number of anilines is 5. The number of fused-ring (bicyclic) bond motifs is 20. The molecule has 2 fully saturated rings. The number of halogens is 7. The number of allylic oxidation sites excluding steroid dienone is 6. The monoisotopic (exact) mass is 2200 g/mol. The molecule has 0 amide bonds. The van der Waals surface area contributed by atoms with Crippen LogP contribution in [0, 0.1) is 33.2 Å². The first-order chi connectivity index (χ1) is 61.9. The van der Waals surface area contributed by atoms with Crippen molar-refractivity contribution in [2.45, 2.75) is 132 Å². The fraction of sp³-hybridized carbons (Fsp3) is 0.327. The number of carbonyl (C=O) groups excluding carboxylic acids is 2. The third kappa shape index (κ3) is 16.4. The Bertz CT molecular complexity index is 6030. The van der Waals surface area contributed by atoms with E-state index in [1.54, 1.807) is 13.8 Å². The van der Waals surface area contributed by atoms with Crippen LogP contribution in [-0.4, -0.2) is 58.7 Å². The van der Waals surface area contributed by atoms with Gasteiger partial charge >= 0.3 is 0 Å². The van der Waals surface area contributed by atoms with E-state index >= 15 is 0 Å². The van der Waals surface area contributed by atoms with Gasteiger partial charge in [-0.05, 0) is 301 Å². The molecule has 15 unspecified atom stereocenters. The SMILES string of the molecule is Brc1cc2c(cc1C1Nc3ccc(I)cc3C3C=CCC31)OCO2.Brc1ccc2c(c1)C1C=CCC1C(c1cc3c(cc1Br)OCO3)N2.CC(=O)c1ccc2c(c1)C1NCCC1C(c1cc3c(cc1Br)OCO3)N2.CC(=O)c1ccc2c(c1)C1OCCCC1C(c1cc3c(cc1Br)OCO3)N2.CCCc1ccc2c(c1)C1C=CCC1C(c1cc3c(cc1Br)OCO3)N2. The molecule has 15 aliphatic rings. The zero-order valence-corrected chi connectivity index (χ0v) is 81.3. The van der Waals surface area contributed by atoms with Gasteiger partial charge in [0.15, 0.2) is 69.1 Å². The third-order valence-corrected chi connectivity index (χ3v) is 32.0. The second-order valence-electron chi connectivity index (χ2n) is 34.6. The Hall–Kier alpha value is -8.71. The molecule has 10 aromatic rings. The molecule has 6 N–H and O–H groups in total. The number of benzene rings is 10. The Kier molecular flexibility index (Phi) is 24.0. The molecule has 0 radical (unpaired) electrons. The number of aryl methyl sites for hydroxylation is 1. The second-order valence-corrected chi connectivity index (χ2v) is 41.1. The summed E-state index contributed by atoms with van der Waals surface area (Å²) in [6, 6.07) is 53.7. The zero-order chi connectivity index (χ0) is 86.6. The molecule has 0 spiro atoms. The number of hydrogen-bond acceptors (Lipinski definition) is 19. The van der Waals surface area contributed by atoms with E-state index in [0.29, 0.717) is 61.8 Å². The Morgan fingerprint density at radius 2 is 0.717 bits per heavy atom. The summed E-state index contributed by atoms with van der Waals surface area (Å²) < 4.78 is 69.3. The maximum atomic E-state index is 11.8. The van der Waals surface area contributed by atoms with Gasteiger partial charge in [0.25, 0.3) is 0 Å². The summed E-state index contributed by atoms with van der Waals surface area (Å²) in [5.41, 5.74) is 21.3. The minimum atomic E-state index is -0.0170. The molecular weight excluding hydrogens is 2110 g/mol. The second kappa shape index (κ2) is 35.9. The fourth-order valence-electron chi connectivity index (χ4n) is 21.4. The van der Waals surface area contributed by atoms with Crippen LogP contribution in [0.4, 0.5) is 28.4 Å². The van der Waals surface area contributed by atoms with Crippen LogP contribution in [0.25, 0.3) is 0 Å². The van der Waals surface area contributed by atoms with Crippen molar-refractivity contribution >= 4 is 158 Å². The number of hydrogen-bond donors (Lipinski definition) is 6. The molecule has 2 saturated heterocycles. The fourth-order valence-corrected chi connectivity index (χ4v) is 25.1. The standard InChI is InChI=1S/C22H22BrNO2.C21H20BrNO4.C20H19BrN2O3.C19H15Br2NO2.C19H15BrINO2/c1-2-4-13-7-8-19-16(9-13)14-5-3-6-15(14)22(24-19)17-10-20-21(11-18(17)23)26-12-25-20;1-11(24)12-4-5-17-15(7-12)21-13(3-2-6-25-21)20(23-17)14-8-18-19(9-16(14)22)27-10-26-18;1-10(24)11-2-3-16-14(6-11)19-12(4-5-22-19)20(23-16)13-7-17-18(8-15(13)21)26-9-25-17;20-10-4-5-16-13(6-10)11-2-1-3-12(11)19(22-16)14-7-17-18(8-15(14)21)24-9-23-17;20-15-8-18-17(23-9-24-18)7-14(15)19-12-3-1-2-11(12)13-6-10(21)4-5-16(13)22-19/h3,5,7-11,14-15,22,24H,2,4,6,12H2,1H3;4-5,7-9,13,20-21,23H,2-3,6,10H2,1H3;2-3,6-8,12,19-20,22-23H,4-5,9H2,1H3;2*1-2,4-8,11-12,19,22H,3,9H2. The van der Waals surface area contributed by atoms with Crippen LogP contribution in [0.3, 0.4) is 0 Å². The highest BCUT2D eigenvalue weighted by Crippen LogP contribution is 2.60. The number of ketones is 2. The molecule has 25 rings (SSSR count). The number of nitrogens with one attached hydrogen (secondary N) is 6. The lowest BCUT2D eigenvalue weighted by atomic mass is 9.76. The van der Waals surface area contributed by atoms with Gasteiger partial charge in [0.05, 0.1) is 36.3 Å². The lowest BCUT2D eigenvalue weighted by Crippen LogP contribution is -2.36. The molecule has 3 aliphatic carbocycles. The average Bonchev–Trinajstić information content (AvgIpc) is 1.46. The quantitative estimate of drug-likeness (QED) is 0.0451. The first kappa shape index (κ1) is 85.1.